The van der Waals surface area contributed by atoms with Crippen LogP contribution >= 0.6 is 0 Å². The molecule has 0 heterocycles. The molecule has 4 heteroatoms. The summed E-state index contributed by atoms with van der Waals surface area (Å²) in [4.78, 5) is 25.3. The van der Waals surface area contributed by atoms with Crippen LogP contribution in [0.1, 0.15) is 20.7 Å². The molecule has 5 rings (SSSR count). The number of ketones is 2. The number of carbonyl (C=O) groups excluding carboxylic acids is 2. The van der Waals surface area contributed by atoms with Gasteiger partial charge in [-0.2, -0.15) is 0 Å². The fourth-order valence-corrected chi connectivity index (χ4v) is 8.10. The van der Waals surface area contributed by atoms with E-state index in [1.165, 1.54) is 12.2 Å². The van der Waals surface area contributed by atoms with E-state index in [0.717, 1.165) is 15.6 Å². The van der Waals surface area contributed by atoms with Crippen molar-refractivity contribution in [2.45, 2.75) is 0 Å². The third-order valence-electron chi connectivity index (χ3n) is 5.73. The van der Waals surface area contributed by atoms with Gasteiger partial charge in [0, 0.05) is 5.56 Å². The second kappa shape index (κ2) is 8.25. The number of fused-ring (bicyclic) bond motifs is 1. The Morgan fingerprint density at radius 3 is 1.47 bits per heavy atom. The second-order valence-corrected chi connectivity index (χ2v) is 10.9. The molecule has 3 nitrogen and oxygen atoms in total. The first-order valence-electron chi connectivity index (χ1n) is 10.5. The summed E-state index contributed by atoms with van der Waals surface area (Å²) < 4.78 is 7.01. The molecular formula is C28H20O3Si. The van der Waals surface area contributed by atoms with Gasteiger partial charge in [-0.15, -0.1) is 0 Å². The molecule has 0 unspecified atom stereocenters. The Kier molecular flexibility index (Phi) is 5.13. The van der Waals surface area contributed by atoms with Gasteiger partial charge < -0.3 is 4.43 Å². The molecule has 4 aromatic carbocycles. The summed E-state index contributed by atoms with van der Waals surface area (Å²) in [6.45, 7) is 0. The molecule has 0 N–H and O–H groups in total. The van der Waals surface area contributed by atoms with Crippen molar-refractivity contribution < 1.29 is 14.0 Å². The molecule has 0 spiro atoms. The summed E-state index contributed by atoms with van der Waals surface area (Å²) in [6, 6.07) is 35.7. The molecule has 0 amide bonds. The van der Waals surface area contributed by atoms with E-state index in [2.05, 4.69) is 36.4 Å². The van der Waals surface area contributed by atoms with Crippen molar-refractivity contribution in [3.63, 3.8) is 0 Å². The molecular weight excluding hydrogens is 412 g/mol. The minimum absolute atomic E-state index is 0.184. The highest BCUT2D eigenvalue weighted by atomic mass is 28.4. The summed E-state index contributed by atoms with van der Waals surface area (Å²) in [5, 5.41) is 3.17. The van der Waals surface area contributed by atoms with Crippen LogP contribution in [0.2, 0.25) is 0 Å². The van der Waals surface area contributed by atoms with E-state index in [9.17, 15) is 9.59 Å². The summed E-state index contributed by atoms with van der Waals surface area (Å²) >= 11 is 0. The lowest BCUT2D eigenvalue weighted by Gasteiger charge is -2.34. The monoisotopic (exact) mass is 432 g/mol. The van der Waals surface area contributed by atoms with Gasteiger partial charge in [0.2, 0.25) is 0 Å². The first kappa shape index (κ1) is 19.9. The summed E-state index contributed by atoms with van der Waals surface area (Å²) in [5.41, 5.74) is 0.715. The second-order valence-electron chi connectivity index (χ2n) is 7.62. The van der Waals surface area contributed by atoms with E-state index in [0.29, 0.717) is 16.9 Å². The van der Waals surface area contributed by atoms with Crippen LogP contribution in [-0.2, 0) is 0 Å². The Hall–Kier alpha value is -4.02. The van der Waals surface area contributed by atoms with Crippen LogP contribution in [0.15, 0.2) is 121 Å². The van der Waals surface area contributed by atoms with Gasteiger partial charge in [0.05, 0.1) is 5.56 Å². The highest BCUT2D eigenvalue weighted by Crippen LogP contribution is 2.29. The number of carbonyl (C=O) groups is 2. The average molecular weight is 433 g/mol. The summed E-state index contributed by atoms with van der Waals surface area (Å²) in [6.07, 6.45) is 2.65. The van der Waals surface area contributed by atoms with Gasteiger partial charge in [0.15, 0.2) is 11.6 Å². The molecule has 0 saturated carbocycles. The van der Waals surface area contributed by atoms with E-state index in [-0.39, 0.29) is 11.6 Å². The fraction of sp³-hybridized carbons (Fsp3) is 0. The molecule has 0 bridgehead atoms. The van der Waals surface area contributed by atoms with Crippen LogP contribution in [0.25, 0.3) is 0 Å². The van der Waals surface area contributed by atoms with Crippen molar-refractivity contribution in [3.05, 3.63) is 132 Å². The lowest BCUT2D eigenvalue weighted by molar-refractivity contribution is 0.0992. The van der Waals surface area contributed by atoms with Crippen LogP contribution in [0.4, 0.5) is 0 Å². The summed E-state index contributed by atoms with van der Waals surface area (Å²) in [5.74, 6) is 0.0390. The maximum absolute atomic E-state index is 12.8. The van der Waals surface area contributed by atoms with Gasteiger partial charge in [-0.05, 0) is 33.8 Å². The van der Waals surface area contributed by atoms with Crippen molar-refractivity contribution in [1.82, 2.24) is 0 Å². The molecule has 0 atom stereocenters. The van der Waals surface area contributed by atoms with Crippen LogP contribution in [0.5, 0.6) is 5.75 Å². The minimum Gasteiger partial charge on any atom is -0.530 e. The lowest BCUT2D eigenvalue weighted by Crippen LogP contribution is -2.71. The Balaban J connectivity index is 1.81. The molecule has 1 aliphatic rings. The lowest BCUT2D eigenvalue weighted by atomic mass is 9.94. The molecule has 0 saturated heterocycles. The summed E-state index contributed by atoms with van der Waals surface area (Å²) in [7, 11) is -3.06. The normalized spacial score (nSPS) is 13.0. The van der Waals surface area contributed by atoms with Crippen LogP contribution in [0, 0.1) is 0 Å². The SMILES string of the molecule is O=C1C=CC(=O)c2c(O[Si](c3ccccc3)(c3ccccc3)c3ccccc3)cccc21. The van der Waals surface area contributed by atoms with Gasteiger partial charge in [0.1, 0.15) is 5.75 Å². The van der Waals surface area contributed by atoms with E-state index in [1.807, 2.05) is 54.6 Å². The van der Waals surface area contributed by atoms with E-state index in [1.54, 1.807) is 18.2 Å². The van der Waals surface area contributed by atoms with Crippen molar-refractivity contribution in [2.24, 2.45) is 0 Å². The Labute approximate surface area is 187 Å². The largest absolute Gasteiger partial charge is 0.530 e. The highest BCUT2D eigenvalue weighted by molar-refractivity contribution is 7.07. The van der Waals surface area contributed by atoms with E-state index in [4.69, 9.17) is 4.43 Å². The highest BCUT2D eigenvalue weighted by Gasteiger charge is 2.44. The maximum Gasteiger partial charge on any atom is 0.346 e. The number of hydrogen-bond acceptors (Lipinski definition) is 3. The topological polar surface area (TPSA) is 43.4 Å². The van der Waals surface area contributed by atoms with Crippen LogP contribution in [0.3, 0.4) is 0 Å². The van der Waals surface area contributed by atoms with Gasteiger partial charge in [-0.1, -0.05) is 103 Å². The molecule has 0 aliphatic heterocycles. The first-order chi connectivity index (χ1) is 15.7. The predicted molar refractivity (Wildman–Crippen MR) is 129 cm³/mol. The van der Waals surface area contributed by atoms with E-state index >= 15 is 0 Å². The maximum atomic E-state index is 12.8. The third-order valence-corrected chi connectivity index (χ3v) is 9.69. The molecule has 0 aromatic heterocycles. The quantitative estimate of drug-likeness (QED) is 0.357. The Morgan fingerprint density at radius 2 is 0.969 bits per heavy atom. The number of benzene rings is 4. The van der Waals surface area contributed by atoms with Crippen molar-refractivity contribution >= 4 is 35.4 Å². The van der Waals surface area contributed by atoms with Gasteiger partial charge in [0.25, 0.3) is 0 Å². The standard InChI is InChI=1S/C28H20O3Si/c29-25-19-20-26(30)28-24(25)17-10-18-27(28)31-32(21-11-4-1-5-12-21,22-13-6-2-7-14-22)23-15-8-3-9-16-23/h1-20H. The Bertz CT molecular complexity index is 1220. The molecule has 0 fully saturated rings. The van der Waals surface area contributed by atoms with Crippen molar-refractivity contribution in [3.8, 4) is 5.75 Å². The zero-order chi connectivity index (χ0) is 22.0. The van der Waals surface area contributed by atoms with Gasteiger partial charge >= 0.3 is 8.32 Å². The molecule has 32 heavy (non-hydrogen) atoms. The predicted octanol–water partition coefficient (Wildman–Crippen LogP) is 3.67. The van der Waals surface area contributed by atoms with Crippen molar-refractivity contribution in [2.75, 3.05) is 0 Å². The minimum atomic E-state index is -3.06. The molecule has 154 valence electrons. The van der Waals surface area contributed by atoms with Gasteiger partial charge in [-0.25, -0.2) is 0 Å². The zero-order valence-electron chi connectivity index (χ0n) is 17.3. The fourth-order valence-electron chi connectivity index (χ4n) is 4.26. The number of allylic oxidation sites excluding steroid dienone is 2. The van der Waals surface area contributed by atoms with Crippen LogP contribution in [-0.4, -0.2) is 19.9 Å². The van der Waals surface area contributed by atoms with Gasteiger partial charge in [-0.3, -0.25) is 9.59 Å². The third kappa shape index (κ3) is 3.31. The molecule has 1 aliphatic carbocycles. The Morgan fingerprint density at radius 1 is 0.500 bits per heavy atom. The van der Waals surface area contributed by atoms with E-state index < -0.39 is 8.32 Å². The smallest absolute Gasteiger partial charge is 0.346 e. The molecule has 0 radical (unpaired) electrons. The first-order valence-corrected chi connectivity index (χ1v) is 12.4. The number of rotatable bonds is 5. The number of hydrogen-bond donors (Lipinski definition) is 0. The van der Waals surface area contributed by atoms with Crippen molar-refractivity contribution in [1.29, 1.82) is 0 Å². The molecule has 4 aromatic rings. The van der Waals surface area contributed by atoms with Crippen LogP contribution < -0.4 is 20.0 Å². The average Bonchev–Trinajstić information content (AvgIpc) is 2.86. The zero-order valence-corrected chi connectivity index (χ0v) is 18.3.